The zero-order chi connectivity index (χ0) is 31.9. The molecule has 1 saturated heterocycles. The van der Waals surface area contributed by atoms with Gasteiger partial charge < -0.3 is 18.1 Å². The second kappa shape index (κ2) is 10.1. The smallest absolute Gasteiger partial charge is 0.456 e. The quantitative estimate of drug-likeness (QED) is 0.183. The summed E-state index contributed by atoms with van der Waals surface area (Å²) in [6, 6.07) is 36.3. The van der Waals surface area contributed by atoms with Gasteiger partial charge >= 0.3 is 7.12 Å². The molecule has 3 aromatic heterocycles. The van der Waals surface area contributed by atoms with Crippen molar-refractivity contribution in [3.05, 3.63) is 109 Å². The molecule has 0 amide bonds. The molecule has 0 spiro atoms. The van der Waals surface area contributed by atoms with Crippen LogP contribution in [0, 0.1) is 0 Å². The van der Waals surface area contributed by atoms with E-state index in [2.05, 4.69) is 52.0 Å². The van der Waals surface area contributed by atoms with E-state index in [1.54, 1.807) is 0 Å². The number of fused-ring (bicyclic) bond motifs is 6. The van der Waals surface area contributed by atoms with Crippen LogP contribution >= 0.6 is 0 Å². The fraction of sp³-hybridized carbons (Fsp3) is 0.154. The Hall–Kier alpha value is -5.31. The molecule has 9 rings (SSSR count). The van der Waals surface area contributed by atoms with Crippen molar-refractivity contribution in [1.29, 1.82) is 0 Å². The van der Waals surface area contributed by atoms with Crippen molar-refractivity contribution in [2.45, 2.75) is 38.9 Å². The van der Waals surface area contributed by atoms with Crippen LogP contribution in [0.4, 0.5) is 0 Å². The third-order valence-corrected chi connectivity index (χ3v) is 9.60. The molecule has 1 aliphatic rings. The van der Waals surface area contributed by atoms with Crippen LogP contribution in [0.1, 0.15) is 27.7 Å². The molecule has 5 aromatic carbocycles. The van der Waals surface area contributed by atoms with Gasteiger partial charge in [0, 0.05) is 43.7 Å². The van der Waals surface area contributed by atoms with E-state index < -0.39 is 18.3 Å². The monoisotopic (exact) mass is 615 g/mol. The van der Waals surface area contributed by atoms with Crippen molar-refractivity contribution >= 4 is 56.5 Å². The second-order valence-electron chi connectivity index (χ2n) is 13.1. The average molecular weight is 615 g/mol. The van der Waals surface area contributed by atoms with Gasteiger partial charge in [0.1, 0.15) is 22.3 Å². The molecular formula is C39H30BN3O4. The van der Waals surface area contributed by atoms with E-state index in [9.17, 15) is 0 Å². The number of benzene rings is 5. The van der Waals surface area contributed by atoms with Gasteiger partial charge in [-0.15, -0.1) is 0 Å². The van der Waals surface area contributed by atoms with E-state index in [-0.39, 0.29) is 0 Å². The number of aromatic nitrogens is 3. The summed E-state index contributed by atoms with van der Waals surface area (Å²) in [5.41, 5.74) is 5.71. The average Bonchev–Trinajstić information content (AvgIpc) is 3.72. The first kappa shape index (κ1) is 28.0. The molecule has 0 atom stereocenters. The van der Waals surface area contributed by atoms with Crippen LogP contribution in [0.2, 0.25) is 0 Å². The van der Waals surface area contributed by atoms with Gasteiger partial charge in [-0.3, -0.25) is 0 Å². The van der Waals surface area contributed by atoms with Crippen LogP contribution in [0.3, 0.4) is 0 Å². The van der Waals surface area contributed by atoms with Crippen molar-refractivity contribution in [1.82, 2.24) is 15.0 Å². The summed E-state index contributed by atoms with van der Waals surface area (Å²) in [5, 5.41) is 4.07. The summed E-state index contributed by atoms with van der Waals surface area (Å²) in [6.45, 7) is 8.22. The number of para-hydroxylation sites is 2. The zero-order valence-corrected chi connectivity index (χ0v) is 26.4. The lowest BCUT2D eigenvalue weighted by Crippen LogP contribution is -2.41. The predicted octanol–water partition coefficient (Wildman–Crippen LogP) is 8.97. The zero-order valence-electron chi connectivity index (χ0n) is 26.4. The lowest BCUT2D eigenvalue weighted by molar-refractivity contribution is 0.00578. The summed E-state index contributed by atoms with van der Waals surface area (Å²) in [7, 11) is -0.535. The molecule has 0 radical (unpaired) electrons. The first-order valence-electron chi connectivity index (χ1n) is 15.8. The minimum Gasteiger partial charge on any atom is -0.456 e. The van der Waals surface area contributed by atoms with E-state index >= 15 is 0 Å². The van der Waals surface area contributed by atoms with Crippen LogP contribution in [-0.4, -0.2) is 33.3 Å². The first-order valence-corrected chi connectivity index (χ1v) is 15.8. The third kappa shape index (κ3) is 4.47. The maximum absolute atomic E-state index is 6.45. The Morgan fingerprint density at radius 1 is 0.468 bits per heavy atom. The third-order valence-electron chi connectivity index (χ3n) is 9.60. The van der Waals surface area contributed by atoms with E-state index in [0.717, 1.165) is 66.0 Å². The van der Waals surface area contributed by atoms with Gasteiger partial charge in [-0.1, -0.05) is 72.8 Å². The van der Waals surface area contributed by atoms with E-state index in [0.29, 0.717) is 17.5 Å². The van der Waals surface area contributed by atoms with Crippen molar-refractivity contribution in [2.24, 2.45) is 0 Å². The summed E-state index contributed by atoms with van der Waals surface area (Å²) < 4.78 is 25.4. The Balaban J connectivity index is 1.18. The van der Waals surface area contributed by atoms with Crippen molar-refractivity contribution < 1.29 is 18.1 Å². The largest absolute Gasteiger partial charge is 0.498 e. The number of rotatable bonds is 4. The van der Waals surface area contributed by atoms with Gasteiger partial charge in [-0.05, 0) is 64.1 Å². The van der Waals surface area contributed by atoms with Gasteiger partial charge in [-0.25, -0.2) is 15.0 Å². The predicted molar refractivity (Wildman–Crippen MR) is 186 cm³/mol. The Kier molecular flexibility index (Phi) is 6.01. The number of nitrogens with zero attached hydrogens (tertiary/aromatic N) is 3. The molecule has 4 heterocycles. The molecule has 1 aliphatic heterocycles. The van der Waals surface area contributed by atoms with Gasteiger partial charge in [0.25, 0.3) is 0 Å². The van der Waals surface area contributed by atoms with Crippen molar-refractivity contribution in [3.8, 4) is 34.2 Å². The maximum Gasteiger partial charge on any atom is 0.498 e. The van der Waals surface area contributed by atoms with Crippen LogP contribution in [0.15, 0.2) is 118 Å². The molecular weight excluding hydrogens is 585 g/mol. The van der Waals surface area contributed by atoms with Crippen LogP contribution in [-0.2, 0) is 9.31 Å². The fourth-order valence-corrected chi connectivity index (χ4v) is 6.33. The SMILES string of the molecule is CC1(C)OB(c2cccc3c2oc2ccc(-c4nc(-c5ccccc5)nc(-c5ccc6c(c5)oc5ccccc56)n4)cc23)OC1(C)C. The minimum atomic E-state index is -0.535. The Morgan fingerprint density at radius 2 is 1.06 bits per heavy atom. The Labute approximate surface area is 271 Å². The van der Waals surface area contributed by atoms with Crippen molar-refractivity contribution in [2.75, 3.05) is 0 Å². The highest BCUT2D eigenvalue weighted by Crippen LogP contribution is 2.39. The van der Waals surface area contributed by atoms with E-state index in [1.165, 1.54) is 0 Å². The van der Waals surface area contributed by atoms with Crippen LogP contribution in [0.25, 0.3) is 78.0 Å². The van der Waals surface area contributed by atoms with Crippen LogP contribution < -0.4 is 5.46 Å². The molecule has 8 heteroatoms. The highest BCUT2D eigenvalue weighted by molar-refractivity contribution is 6.65. The van der Waals surface area contributed by atoms with E-state index in [1.807, 2.05) is 84.9 Å². The molecule has 0 N–H and O–H groups in total. The van der Waals surface area contributed by atoms with Gasteiger partial charge in [0.2, 0.25) is 0 Å². The molecule has 0 saturated carbocycles. The molecule has 1 fully saturated rings. The summed E-state index contributed by atoms with van der Waals surface area (Å²) in [4.78, 5) is 14.9. The highest BCUT2D eigenvalue weighted by atomic mass is 16.7. The topological polar surface area (TPSA) is 83.4 Å². The summed E-state index contributed by atoms with van der Waals surface area (Å²) in [6.07, 6.45) is 0. The molecule has 0 aliphatic carbocycles. The number of hydrogen-bond acceptors (Lipinski definition) is 7. The lowest BCUT2D eigenvalue weighted by Gasteiger charge is -2.32. The van der Waals surface area contributed by atoms with Gasteiger partial charge in [-0.2, -0.15) is 0 Å². The van der Waals surface area contributed by atoms with Crippen molar-refractivity contribution in [3.63, 3.8) is 0 Å². The fourth-order valence-electron chi connectivity index (χ4n) is 6.33. The molecule has 7 nitrogen and oxygen atoms in total. The summed E-state index contributed by atoms with van der Waals surface area (Å²) >= 11 is 0. The number of hydrogen-bond donors (Lipinski definition) is 0. The van der Waals surface area contributed by atoms with Gasteiger partial charge in [0.15, 0.2) is 17.5 Å². The van der Waals surface area contributed by atoms with E-state index in [4.69, 9.17) is 33.1 Å². The van der Waals surface area contributed by atoms with Gasteiger partial charge in [0.05, 0.1) is 11.2 Å². The van der Waals surface area contributed by atoms with Crippen LogP contribution in [0.5, 0.6) is 0 Å². The first-order chi connectivity index (χ1) is 22.7. The number of furan rings is 2. The Morgan fingerprint density at radius 3 is 1.83 bits per heavy atom. The second-order valence-corrected chi connectivity index (χ2v) is 13.1. The molecule has 47 heavy (non-hydrogen) atoms. The molecule has 0 bridgehead atoms. The highest BCUT2D eigenvalue weighted by Gasteiger charge is 2.52. The minimum absolute atomic E-state index is 0.458. The molecule has 228 valence electrons. The maximum atomic E-state index is 6.45. The molecule has 8 aromatic rings. The summed E-state index contributed by atoms with van der Waals surface area (Å²) in [5.74, 6) is 1.73. The normalized spacial score (nSPS) is 15.8. The molecule has 0 unspecified atom stereocenters. The lowest BCUT2D eigenvalue weighted by atomic mass is 9.78. The standard InChI is InChI=1S/C39H30BN3O4/c1-38(2)39(3,4)47-40(46-38)30-15-10-14-28-29-21-24(18-20-32(29)45-34(28)30)36-41-35(23-11-6-5-7-12-23)42-37(43-36)25-17-19-27-26-13-8-9-16-31(26)44-33(27)22-25/h5-22H,1-4H3. The Bertz CT molecular complexity index is 2480.